The highest BCUT2D eigenvalue weighted by Gasteiger charge is 2.54. The number of fused-ring (bicyclic) bond motifs is 1. The smallest absolute Gasteiger partial charge is 0.115 e. The van der Waals surface area contributed by atoms with Crippen LogP contribution in [0.4, 0.5) is 0 Å². The average molecular weight is 275 g/mol. The van der Waals surface area contributed by atoms with Crippen molar-refractivity contribution in [2.45, 2.75) is 31.3 Å². The van der Waals surface area contributed by atoms with Gasteiger partial charge < -0.3 is 15.1 Å². The second-order valence-corrected chi connectivity index (χ2v) is 6.86. The van der Waals surface area contributed by atoms with Crippen LogP contribution < -0.4 is 0 Å². The Morgan fingerprint density at radius 3 is 2.55 bits per heavy atom. The lowest BCUT2D eigenvalue weighted by molar-refractivity contribution is -0.163. The Morgan fingerprint density at radius 1 is 1.20 bits per heavy atom. The molecule has 1 aromatic carbocycles. The van der Waals surface area contributed by atoms with Crippen molar-refractivity contribution in [3.05, 3.63) is 29.8 Å². The van der Waals surface area contributed by atoms with E-state index in [1.165, 1.54) is 12.8 Å². The lowest BCUT2D eigenvalue weighted by atomic mass is 9.53. The third-order valence-corrected chi connectivity index (χ3v) is 5.39. The van der Waals surface area contributed by atoms with Crippen molar-refractivity contribution in [2.75, 3.05) is 20.6 Å². The lowest BCUT2D eigenvalue weighted by Crippen LogP contribution is -2.55. The predicted molar refractivity (Wildman–Crippen MR) is 79.5 cm³/mol. The van der Waals surface area contributed by atoms with Crippen LogP contribution in [0.15, 0.2) is 24.3 Å². The van der Waals surface area contributed by atoms with Crippen LogP contribution in [0, 0.1) is 17.8 Å². The molecule has 1 aromatic rings. The molecule has 20 heavy (non-hydrogen) atoms. The summed E-state index contributed by atoms with van der Waals surface area (Å²) >= 11 is 0. The van der Waals surface area contributed by atoms with Gasteiger partial charge in [0.2, 0.25) is 0 Å². The maximum Gasteiger partial charge on any atom is 0.115 e. The summed E-state index contributed by atoms with van der Waals surface area (Å²) in [5, 5.41) is 21.3. The molecule has 3 heteroatoms. The number of aromatic hydroxyl groups is 1. The van der Waals surface area contributed by atoms with Crippen molar-refractivity contribution in [2.24, 2.45) is 17.8 Å². The van der Waals surface area contributed by atoms with Gasteiger partial charge in [-0.05, 0) is 69.3 Å². The summed E-state index contributed by atoms with van der Waals surface area (Å²) in [5.74, 6) is 1.53. The maximum absolute atomic E-state index is 11.5. The van der Waals surface area contributed by atoms with Gasteiger partial charge in [0, 0.05) is 12.5 Å². The number of hydrogen-bond donors (Lipinski definition) is 2. The zero-order chi connectivity index (χ0) is 14.3. The first-order valence-electron chi connectivity index (χ1n) is 7.68. The quantitative estimate of drug-likeness (QED) is 0.891. The molecule has 0 aromatic heterocycles. The van der Waals surface area contributed by atoms with E-state index in [2.05, 4.69) is 19.0 Å². The van der Waals surface area contributed by atoms with Crippen molar-refractivity contribution in [3.8, 4) is 5.75 Å². The minimum atomic E-state index is -0.774. The number of phenolic OH excluding ortho intramolecular Hbond substituents is 1. The van der Waals surface area contributed by atoms with E-state index in [1.807, 2.05) is 12.1 Å². The molecule has 4 unspecified atom stereocenters. The molecule has 0 amide bonds. The van der Waals surface area contributed by atoms with Crippen LogP contribution in [0.25, 0.3) is 0 Å². The van der Waals surface area contributed by atoms with E-state index >= 15 is 0 Å². The molecule has 0 bridgehead atoms. The molecule has 3 rings (SSSR count). The van der Waals surface area contributed by atoms with Crippen LogP contribution in [-0.4, -0.2) is 35.8 Å². The van der Waals surface area contributed by atoms with Crippen LogP contribution >= 0.6 is 0 Å². The van der Waals surface area contributed by atoms with E-state index in [0.29, 0.717) is 11.8 Å². The minimum absolute atomic E-state index is 0.251. The van der Waals surface area contributed by atoms with Gasteiger partial charge in [0.25, 0.3) is 0 Å². The summed E-state index contributed by atoms with van der Waals surface area (Å²) in [4.78, 5) is 2.16. The Hall–Kier alpha value is -1.06. The lowest BCUT2D eigenvalue weighted by Gasteiger charge is -2.56. The number of phenols is 1. The van der Waals surface area contributed by atoms with E-state index in [4.69, 9.17) is 0 Å². The first-order valence-corrected chi connectivity index (χ1v) is 7.68. The van der Waals surface area contributed by atoms with Gasteiger partial charge in [-0.25, -0.2) is 0 Å². The molecule has 3 nitrogen and oxygen atoms in total. The molecule has 4 atom stereocenters. The highest BCUT2D eigenvalue weighted by Crippen LogP contribution is 2.57. The molecule has 0 aliphatic heterocycles. The Balaban J connectivity index is 1.98. The van der Waals surface area contributed by atoms with Crippen LogP contribution in [0.5, 0.6) is 5.75 Å². The van der Waals surface area contributed by atoms with Gasteiger partial charge in [0.15, 0.2) is 0 Å². The molecule has 0 heterocycles. The Morgan fingerprint density at radius 2 is 1.95 bits per heavy atom. The SMILES string of the molecule is CN(C)CC1CCC2CCC2C1(O)c1cccc(O)c1. The number of nitrogens with zero attached hydrogens (tertiary/aromatic N) is 1. The average Bonchev–Trinajstić information content (AvgIpc) is 2.34. The van der Waals surface area contributed by atoms with Crippen molar-refractivity contribution >= 4 is 0 Å². The molecule has 2 N–H and O–H groups in total. The number of benzene rings is 1. The van der Waals surface area contributed by atoms with E-state index in [0.717, 1.165) is 24.9 Å². The van der Waals surface area contributed by atoms with Gasteiger partial charge in [0.05, 0.1) is 5.60 Å². The Bertz CT molecular complexity index is 488. The second-order valence-electron chi connectivity index (χ2n) is 6.86. The minimum Gasteiger partial charge on any atom is -0.508 e. The van der Waals surface area contributed by atoms with Gasteiger partial charge in [-0.3, -0.25) is 0 Å². The summed E-state index contributed by atoms with van der Waals surface area (Å²) in [6, 6.07) is 7.25. The summed E-state index contributed by atoms with van der Waals surface area (Å²) in [6.45, 7) is 0.898. The van der Waals surface area contributed by atoms with Gasteiger partial charge in [-0.1, -0.05) is 12.1 Å². The monoisotopic (exact) mass is 275 g/mol. The fourth-order valence-electron chi connectivity index (χ4n) is 4.31. The molecule has 0 spiro atoms. The standard InChI is InChI=1S/C17H25NO2/c1-18(2)11-14-8-6-12-7-9-16(12)17(14,20)13-4-3-5-15(19)10-13/h3-5,10,12,14,16,19-20H,6-9,11H2,1-2H3. The maximum atomic E-state index is 11.5. The third kappa shape index (κ3) is 2.13. The summed E-state index contributed by atoms with van der Waals surface area (Å²) in [7, 11) is 4.13. The zero-order valence-electron chi connectivity index (χ0n) is 12.4. The zero-order valence-corrected chi connectivity index (χ0v) is 12.4. The van der Waals surface area contributed by atoms with E-state index in [1.54, 1.807) is 12.1 Å². The van der Waals surface area contributed by atoms with Crippen molar-refractivity contribution in [1.82, 2.24) is 4.90 Å². The summed E-state index contributed by atoms with van der Waals surface area (Å²) in [5.41, 5.74) is 0.128. The molecular weight excluding hydrogens is 250 g/mol. The van der Waals surface area contributed by atoms with E-state index < -0.39 is 5.60 Å². The Labute approximate surface area is 121 Å². The van der Waals surface area contributed by atoms with Gasteiger partial charge >= 0.3 is 0 Å². The molecule has 2 saturated carbocycles. The number of aliphatic hydroxyl groups is 1. The highest BCUT2D eigenvalue weighted by molar-refractivity contribution is 5.34. The fraction of sp³-hybridized carbons (Fsp3) is 0.647. The number of hydrogen-bond acceptors (Lipinski definition) is 3. The van der Waals surface area contributed by atoms with Crippen molar-refractivity contribution in [3.63, 3.8) is 0 Å². The normalized spacial score (nSPS) is 36.5. The van der Waals surface area contributed by atoms with Gasteiger partial charge in [-0.15, -0.1) is 0 Å². The largest absolute Gasteiger partial charge is 0.508 e. The second kappa shape index (κ2) is 5.05. The Kier molecular flexibility index (Phi) is 3.51. The molecular formula is C17H25NO2. The van der Waals surface area contributed by atoms with Crippen molar-refractivity contribution < 1.29 is 10.2 Å². The third-order valence-electron chi connectivity index (χ3n) is 5.39. The molecule has 2 aliphatic rings. The van der Waals surface area contributed by atoms with E-state index in [-0.39, 0.29) is 11.7 Å². The molecule has 110 valence electrons. The van der Waals surface area contributed by atoms with Crippen LogP contribution in [0.2, 0.25) is 0 Å². The highest BCUT2D eigenvalue weighted by atomic mass is 16.3. The van der Waals surface area contributed by atoms with Crippen molar-refractivity contribution in [1.29, 1.82) is 0 Å². The van der Waals surface area contributed by atoms with Crippen LogP contribution in [0.1, 0.15) is 31.2 Å². The number of rotatable bonds is 3. The molecule has 2 fully saturated rings. The first kappa shape index (κ1) is 13.9. The summed E-state index contributed by atoms with van der Waals surface area (Å²) in [6.07, 6.45) is 4.68. The fourth-order valence-corrected chi connectivity index (χ4v) is 4.31. The van der Waals surface area contributed by atoms with Gasteiger partial charge in [-0.2, -0.15) is 0 Å². The molecule has 2 aliphatic carbocycles. The van der Waals surface area contributed by atoms with E-state index in [9.17, 15) is 10.2 Å². The first-order chi connectivity index (χ1) is 9.51. The molecule has 0 radical (unpaired) electrons. The topological polar surface area (TPSA) is 43.7 Å². The molecule has 0 saturated heterocycles. The predicted octanol–water partition coefficient (Wildman–Crippen LogP) is 2.58. The van der Waals surface area contributed by atoms with Crippen LogP contribution in [0.3, 0.4) is 0 Å². The summed E-state index contributed by atoms with van der Waals surface area (Å²) < 4.78 is 0. The van der Waals surface area contributed by atoms with Gasteiger partial charge in [0.1, 0.15) is 5.75 Å². The van der Waals surface area contributed by atoms with Crippen LogP contribution in [-0.2, 0) is 5.60 Å².